The lowest BCUT2D eigenvalue weighted by atomic mass is 10.2. The number of hydrogen-bond acceptors (Lipinski definition) is 6. The van der Waals surface area contributed by atoms with Crippen LogP contribution in [-0.4, -0.2) is 24.8 Å². The molecule has 0 saturated carbocycles. The Bertz CT molecular complexity index is 926. The maximum atomic E-state index is 11.5. The smallest absolute Gasteiger partial charge is 0.296 e. The first-order valence-corrected chi connectivity index (χ1v) is 8.88. The first kappa shape index (κ1) is 19.2. The number of benzene rings is 2. The number of hydrogen-bond donors (Lipinski definition) is 5. The van der Waals surface area contributed by atoms with E-state index in [4.69, 9.17) is 0 Å². The van der Waals surface area contributed by atoms with E-state index in [2.05, 4.69) is 21.5 Å². The molecule has 9 nitrogen and oxygen atoms in total. The summed E-state index contributed by atoms with van der Waals surface area (Å²) >= 11 is 0. The summed E-state index contributed by atoms with van der Waals surface area (Å²) in [4.78, 5) is 21.7. The Morgan fingerprint density at radius 2 is 1.31 bits per heavy atom. The highest BCUT2D eigenvalue weighted by Crippen LogP contribution is 2.25. The summed E-state index contributed by atoms with van der Waals surface area (Å²) < 4.78 is 32.4. The predicted molar refractivity (Wildman–Crippen MR) is 98.6 cm³/mol. The lowest BCUT2D eigenvalue weighted by Gasteiger charge is -2.13. The van der Waals surface area contributed by atoms with Crippen LogP contribution in [0.15, 0.2) is 47.4 Å². The van der Waals surface area contributed by atoms with Crippen LogP contribution in [0.25, 0.3) is 0 Å². The molecular formula is C16H18N4O5S. The highest BCUT2D eigenvalue weighted by atomic mass is 32.2. The van der Waals surface area contributed by atoms with Gasteiger partial charge in [0.25, 0.3) is 10.1 Å². The van der Waals surface area contributed by atoms with Gasteiger partial charge in [-0.2, -0.15) is 8.42 Å². The second-order valence-corrected chi connectivity index (χ2v) is 6.77. The highest BCUT2D eigenvalue weighted by Gasteiger charge is 2.17. The largest absolute Gasteiger partial charge is 0.326 e. The fraction of sp³-hybridized carbons (Fsp3) is 0.125. The number of amides is 2. The normalized spacial score (nSPS) is 10.7. The van der Waals surface area contributed by atoms with E-state index in [-0.39, 0.29) is 11.6 Å². The van der Waals surface area contributed by atoms with Crippen molar-refractivity contribution < 1.29 is 22.6 Å². The molecule has 2 aromatic carbocycles. The molecule has 0 radical (unpaired) electrons. The van der Waals surface area contributed by atoms with Crippen LogP contribution >= 0.6 is 0 Å². The van der Waals surface area contributed by atoms with Gasteiger partial charge in [-0.15, -0.1) is 0 Å². The van der Waals surface area contributed by atoms with Crippen molar-refractivity contribution in [1.82, 2.24) is 0 Å². The van der Waals surface area contributed by atoms with Crippen LogP contribution < -0.4 is 21.5 Å². The molecule has 0 aliphatic carbocycles. The van der Waals surface area contributed by atoms with Gasteiger partial charge in [0.15, 0.2) is 0 Å². The van der Waals surface area contributed by atoms with E-state index in [0.717, 1.165) is 0 Å². The third-order valence-electron chi connectivity index (χ3n) is 3.13. The molecule has 0 aromatic heterocycles. The Morgan fingerprint density at radius 3 is 1.85 bits per heavy atom. The van der Waals surface area contributed by atoms with Gasteiger partial charge < -0.3 is 21.5 Å². The van der Waals surface area contributed by atoms with Gasteiger partial charge >= 0.3 is 0 Å². The fourth-order valence-electron chi connectivity index (χ4n) is 2.09. The van der Waals surface area contributed by atoms with E-state index in [1.165, 1.54) is 32.0 Å². The third kappa shape index (κ3) is 5.46. The maximum Gasteiger partial charge on any atom is 0.296 e. The monoisotopic (exact) mass is 378 g/mol. The van der Waals surface area contributed by atoms with Crippen LogP contribution in [0.4, 0.5) is 22.7 Å². The van der Waals surface area contributed by atoms with Gasteiger partial charge in [-0.1, -0.05) is 0 Å². The van der Waals surface area contributed by atoms with Crippen molar-refractivity contribution in [2.75, 3.05) is 21.5 Å². The second kappa shape index (κ2) is 7.85. The molecule has 2 rings (SSSR count). The molecule has 2 amide bonds. The lowest BCUT2D eigenvalue weighted by molar-refractivity contribution is -0.115. The van der Waals surface area contributed by atoms with E-state index in [0.29, 0.717) is 17.1 Å². The summed E-state index contributed by atoms with van der Waals surface area (Å²) in [7, 11) is -4.52. The molecule has 0 unspecified atom stereocenters. The summed E-state index contributed by atoms with van der Waals surface area (Å²) in [5, 5.41) is 4.98. The molecule has 2 aromatic rings. The molecule has 0 bridgehead atoms. The molecule has 5 N–H and O–H groups in total. The molecular weight excluding hydrogens is 360 g/mol. The Morgan fingerprint density at radius 1 is 0.808 bits per heavy atom. The fourth-order valence-corrected chi connectivity index (χ4v) is 2.76. The van der Waals surface area contributed by atoms with Crippen molar-refractivity contribution in [2.45, 2.75) is 18.7 Å². The van der Waals surface area contributed by atoms with E-state index in [9.17, 15) is 22.6 Å². The maximum absolute atomic E-state index is 11.5. The Labute approximate surface area is 150 Å². The van der Waals surface area contributed by atoms with E-state index in [1.54, 1.807) is 24.3 Å². The van der Waals surface area contributed by atoms with Crippen LogP contribution in [0.2, 0.25) is 0 Å². The first-order valence-electron chi connectivity index (χ1n) is 7.44. The van der Waals surface area contributed by atoms with Crippen molar-refractivity contribution in [3.63, 3.8) is 0 Å². The van der Waals surface area contributed by atoms with E-state index >= 15 is 0 Å². The molecule has 0 heterocycles. The van der Waals surface area contributed by atoms with Crippen molar-refractivity contribution in [2.24, 2.45) is 0 Å². The quantitative estimate of drug-likeness (QED) is 0.384. The Kier molecular flexibility index (Phi) is 5.80. The number of rotatable bonds is 6. The van der Waals surface area contributed by atoms with Crippen LogP contribution in [0.3, 0.4) is 0 Å². The van der Waals surface area contributed by atoms with Gasteiger partial charge in [-0.05, 0) is 42.5 Å². The van der Waals surface area contributed by atoms with Crippen molar-refractivity contribution in [1.29, 1.82) is 0 Å². The van der Waals surface area contributed by atoms with Crippen LogP contribution in [-0.2, 0) is 19.7 Å². The number of carbonyl (C=O) groups excluding carboxylic acids is 2. The van der Waals surface area contributed by atoms with Gasteiger partial charge in [0, 0.05) is 19.5 Å². The molecule has 0 aliphatic rings. The van der Waals surface area contributed by atoms with Crippen LogP contribution in [0, 0.1) is 0 Å². The van der Waals surface area contributed by atoms with E-state index < -0.39 is 20.9 Å². The number of hydrazine groups is 1. The molecule has 10 heteroatoms. The molecule has 0 atom stereocenters. The van der Waals surface area contributed by atoms with Gasteiger partial charge in [-0.25, -0.2) is 0 Å². The van der Waals surface area contributed by atoms with Crippen molar-refractivity contribution in [3.05, 3.63) is 42.5 Å². The van der Waals surface area contributed by atoms with Gasteiger partial charge in [0.2, 0.25) is 11.8 Å². The molecule has 0 saturated heterocycles. The zero-order valence-electron chi connectivity index (χ0n) is 14.0. The Hall–Kier alpha value is -3.11. The minimum absolute atomic E-state index is 0.0230. The number of anilines is 4. The summed E-state index contributed by atoms with van der Waals surface area (Å²) in [6, 6.07) is 10.8. The molecule has 0 aliphatic heterocycles. The summed E-state index contributed by atoms with van der Waals surface area (Å²) in [6.07, 6.45) is 0. The van der Waals surface area contributed by atoms with Gasteiger partial charge in [0.1, 0.15) is 4.90 Å². The van der Waals surface area contributed by atoms with Crippen LogP contribution in [0.5, 0.6) is 0 Å². The average Bonchev–Trinajstić information content (AvgIpc) is 2.53. The molecule has 0 spiro atoms. The number of carbonyl (C=O) groups is 2. The first-order chi connectivity index (χ1) is 12.1. The zero-order chi connectivity index (χ0) is 19.3. The summed E-state index contributed by atoms with van der Waals surface area (Å²) in [5.74, 6) is -0.645. The molecule has 0 fully saturated rings. The van der Waals surface area contributed by atoms with Gasteiger partial charge in [-0.3, -0.25) is 14.1 Å². The molecule has 26 heavy (non-hydrogen) atoms. The average molecular weight is 378 g/mol. The molecule has 138 valence electrons. The minimum Gasteiger partial charge on any atom is -0.326 e. The lowest BCUT2D eigenvalue weighted by Crippen LogP contribution is -2.13. The predicted octanol–water partition coefficient (Wildman–Crippen LogP) is 2.29. The van der Waals surface area contributed by atoms with Crippen LogP contribution in [0.1, 0.15) is 13.8 Å². The van der Waals surface area contributed by atoms with Crippen molar-refractivity contribution >= 4 is 44.7 Å². The zero-order valence-corrected chi connectivity index (χ0v) is 14.8. The SMILES string of the molecule is CC(=O)Nc1ccc(NNc2ccc(NC(C)=O)c(S(=O)(=O)O)c2)cc1. The number of nitrogens with one attached hydrogen (secondary N) is 4. The van der Waals surface area contributed by atoms with Gasteiger partial charge in [0.05, 0.1) is 17.1 Å². The summed E-state index contributed by atoms with van der Waals surface area (Å²) in [6.45, 7) is 2.64. The van der Waals surface area contributed by atoms with Crippen molar-refractivity contribution in [3.8, 4) is 0 Å². The standard InChI is InChI=1S/C16H18N4O5S/c1-10(21)17-12-3-5-13(6-4-12)19-20-14-7-8-15(18-11(2)22)16(9-14)26(23,24)25/h3-9,19-20H,1-2H3,(H,17,21)(H,18,22)(H,23,24,25). The topological polar surface area (TPSA) is 137 Å². The minimum atomic E-state index is -4.52. The van der Waals surface area contributed by atoms with E-state index in [1.807, 2.05) is 0 Å². The second-order valence-electron chi connectivity index (χ2n) is 5.38. The Balaban J connectivity index is 2.14. The highest BCUT2D eigenvalue weighted by molar-refractivity contribution is 7.86. The third-order valence-corrected chi connectivity index (χ3v) is 4.02. The summed E-state index contributed by atoms with van der Waals surface area (Å²) in [5.41, 5.74) is 7.25.